The molecule has 0 spiro atoms. The Kier molecular flexibility index (Phi) is 3.15. The molecule has 0 amide bonds. The fourth-order valence-electron chi connectivity index (χ4n) is 2.83. The minimum Gasteiger partial charge on any atom is -0.393 e. The van der Waals surface area contributed by atoms with E-state index < -0.39 is 0 Å². The van der Waals surface area contributed by atoms with Crippen molar-refractivity contribution in [3.05, 3.63) is 11.1 Å². The minimum atomic E-state index is -0.0657. The summed E-state index contributed by atoms with van der Waals surface area (Å²) in [7, 11) is 0. The van der Waals surface area contributed by atoms with Crippen LogP contribution < -0.4 is 0 Å². The number of hydrogen-bond acceptors (Lipinski definition) is 2. The smallest absolute Gasteiger partial charge is 0.0570 e. The molecule has 0 saturated carbocycles. The van der Waals surface area contributed by atoms with Gasteiger partial charge in [0, 0.05) is 24.2 Å². The maximum absolute atomic E-state index is 9.63. The Morgan fingerprint density at radius 3 is 2.50 bits per heavy atom. The summed E-state index contributed by atoms with van der Waals surface area (Å²) in [6, 6.07) is 1.19. The van der Waals surface area contributed by atoms with E-state index in [1.54, 1.807) is 5.54 Å². The Bertz CT molecular complexity index is 227. The summed E-state index contributed by atoms with van der Waals surface area (Å²) < 4.78 is 0. The first kappa shape index (κ1) is 10.5. The van der Waals surface area contributed by atoms with E-state index in [9.17, 15) is 5.11 Å². The van der Waals surface area contributed by atoms with Gasteiger partial charge in [0.15, 0.2) is 0 Å². The third-order valence-corrected chi connectivity index (χ3v) is 3.85. The van der Waals surface area contributed by atoms with E-state index in [1.807, 2.05) is 0 Å². The quantitative estimate of drug-likeness (QED) is 0.763. The molecule has 2 heterocycles. The zero-order valence-electron chi connectivity index (χ0n) is 8.62. The maximum Gasteiger partial charge on any atom is 0.0570 e. The summed E-state index contributed by atoms with van der Waals surface area (Å²) in [5.74, 6) is 0. The summed E-state index contributed by atoms with van der Waals surface area (Å²) in [6.45, 7) is 3.04. The van der Waals surface area contributed by atoms with Crippen LogP contribution >= 0.6 is 11.6 Å². The van der Waals surface area contributed by atoms with Crippen molar-refractivity contribution >= 4 is 11.6 Å². The Balaban J connectivity index is 2.00. The van der Waals surface area contributed by atoms with Crippen LogP contribution in [0.15, 0.2) is 11.1 Å². The number of aliphatic hydroxyl groups is 1. The second-order valence-electron chi connectivity index (χ2n) is 4.64. The zero-order chi connectivity index (χ0) is 10.1. The van der Waals surface area contributed by atoms with Gasteiger partial charge in [-0.15, -0.1) is 0 Å². The summed E-state index contributed by atoms with van der Waals surface area (Å²) in [6.07, 6.45) is 4.33. The van der Waals surface area contributed by atoms with Crippen LogP contribution in [0.5, 0.6) is 0 Å². The van der Waals surface area contributed by atoms with Crippen molar-refractivity contribution in [1.29, 1.82) is 0 Å². The molecule has 2 fully saturated rings. The van der Waals surface area contributed by atoms with Crippen molar-refractivity contribution in [2.45, 2.75) is 50.8 Å². The van der Waals surface area contributed by atoms with E-state index in [2.05, 4.69) is 11.8 Å². The molecule has 2 unspecified atom stereocenters. The van der Waals surface area contributed by atoms with Gasteiger partial charge in [0.05, 0.1) is 6.10 Å². The molecule has 2 saturated heterocycles. The molecule has 0 aromatic heterocycles. The standard InChI is InChI=1S/C11H18ClNO/c1-8(6-12)7-13-9-2-3-10(13)5-11(14)4-9/h6,9-11,14H,2-5,7H2,1H3. The molecule has 0 aromatic rings. The van der Waals surface area contributed by atoms with Crippen molar-refractivity contribution in [1.82, 2.24) is 4.90 Å². The molecule has 1 N–H and O–H groups in total. The Labute approximate surface area is 90.5 Å². The number of aliphatic hydroxyl groups excluding tert-OH is 1. The normalized spacial score (nSPS) is 39.1. The first-order valence-corrected chi connectivity index (χ1v) is 5.84. The second-order valence-corrected chi connectivity index (χ2v) is 4.86. The first-order valence-electron chi connectivity index (χ1n) is 5.40. The number of fused-ring (bicyclic) bond motifs is 2. The van der Waals surface area contributed by atoms with Gasteiger partial charge in [0.1, 0.15) is 0 Å². The van der Waals surface area contributed by atoms with E-state index in [4.69, 9.17) is 11.6 Å². The Morgan fingerprint density at radius 2 is 2.00 bits per heavy atom. The van der Waals surface area contributed by atoms with E-state index in [1.165, 1.54) is 18.4 Å². The lowest BCUT2D eigenvalue weighted by Crippen LogP contribution is -2.45. The largest absolute Gasteiger partial charge is 0.393 e. The van der Waals surface area contributed by atoms with Gasteiger partial charge in [0.25, 0.3) is 0 Å². The van der Waals surface area contributed by atoms with Crippen molar-refractivity contribution in [2.75, 3.05) is 6.54 Å². The Morgan fingerprint density at radius 1 is 1.43 bits per heavy atom. The van der Waals surface area contributed by atoms with Gasteiger partial charge in [0.2, 0.25) is 0 Å². The van der Waals surface area contributed by atoms with Crippen LogP contribution in [0.25, 0.3) is 0 Å². The molecule has 2 rings (SSSR count). The maximum atomic E-state index is 9.63. The molecule has 2 aliphatic rings. The monoisotopic (exact) mass is 215 g/mol. The van der Waals surface area contributed by atoms with Crippen LogP contribution in [0.2, 0.25) is 0 Å². The van der Waals surface area contributed by atoms with E-state index in [-0.39, 0.29) is 6.10 Å². The molecule has 2 nitrogen and oxygen atoms in total. The van der Waals surface area contributed by atoms with Gasteiger partial charge >= 0.3 is 0 Å². The molecular weight excluding hydrogens is 198 g/mol. The predicted molar refractivity (Wildman–Crippen MR) is 58.4 cm³/mol. The number of rotatable bonds is 2. The molecule has 14 heavy (non-hydrogen) atoms. The molecule has 0 radical (unpaired) electrons. The molecule has 0 aliphatic carbocycles. The second kappa shape index (κ2) is 4.21. The fraction of sp³-hybridized carbons (Fsp3) is 0.818. The predicted octanol–water partition coefficient (Wildman–Crippen LogP) is 2.12. The van der Waals surface area contributed by atoms with Gasteiger partial charge in [-0.2, -0.15) is 0 Å². The topological polar surface area (TPSA) is 23.5 Å². The fourth-order valence-corrected chi connectivity index (χ4v) is 2.90. The van der Waals surface area contributed by atoms with Crippen LogP contribution in [0, 0.1) is 0 Å². The summed E-state index contributed by atoms with van der Waals surface area (Å²) in [4.78, 5) is 2.51. The highest BCUT2D eigenvalue weighted by Crippen LogP contribution is 2.35. The van der Waals surface area contributed by atoms with E-state index in [0.717, 1.165) is 19.4 Å². The highest BCUT2D eigenvalue weighted by Gasteiger charge is 2.39. The number of hydrogen-bond donors (Lipinski definition) is 1. The first-order chi connectivity index (χ1) is 6.70. The lowest BCUT2D eigenvalue weighted by Gasteiger charge is -2.37. The molecule has 0 aromatic carbocycles. The molecule has 2 atom stereocenters. The lowest BCUT2D eigenvalue weighted by atomic mass is 9.99. The number of piperidine rings is 1. The van der Waals surface area contributed by atoms with Gasteiger partial charge < -0.3 is 5.11 Å². The number of nitrogens with zero attached hydrogens (tertiary/aromatic N) is 1. The van der Waals surface area contributed by atoms with Gasteiger partial charge in [-0.25, -0.2) is 0 Å². The van der Waals surface area contributed by atoms with E-state index in [0.29, 0.717) is 12.1 Å². The Hall–Kier alpha value is -0.0500. The van der Waals surface area contributed by atoms with Crippen molar-refractivity contribution < 1.29 is 5.11 Å². The van der Waals surface area contributed by atoms with Gasteiger partial charge in [-0.05, 0) is 38.2 Å². The van der Waals surface area contributed by atoms with Crippen LogP contribution in [0.4, 0.5) is 0 Å². The third-order valence-electron chi connectivity index (χ3n) is 3.48. The third kappa shape index (κ3) is 1.97. The molecule has 2 aliphatic heterocycles. The van der Waals surface area contributed by atoms with Crippen LogP contribution in [-0.4, -0.2) is 34.7 Å². The van der Waals surface area contributed by atoms with Crippen molar-refractivity contribution in [3.8, 4) is 0 Å². The summed E-state index contributed by atoms with van der Waals surface area (Å²) >= 11 is 5.68. The van der Waals surface area contributed by atoms with Crippen molar-refractivity contribution in [2.24, 2.45) is 0 Å². The van der Waals surface area contributed by atoms with Gasteiger partial charge in [-0.1, -0.05) is 11.6 Å². The molecule has 80 valence electrons. The minimum absolute atomic E-state index is 0.0657. The van der Waals surface area contributed by atoms with Crippen LogP contribution in [0.3, 0.4) is 0 Å². The summed E-state index contributed by atoms with van der Waals surface area (Å²) in [5, 5.41) is 9.63. The SMILES string of the molecule is CC(=CCl)CN1C2CCC1CC(O)C2. The molecular formula is C11H18ClNO. The zero-order valence-corrected chi connectivity index (χ0v) is 9.37. The van der Waals surface area contributed by atoms with Crippen LogP contribution in [-0.2, 0) is 0 Å². The lowest BCUT2D eigenvalue weighted by molar-refractivity contribution is 0.0408. The highest BCUT2D eigenvalue weighted by atomic mass is 35.5. The molecule has 2 bridgehead atoms. The van der Waals surface area contributed by atoms with Crippen LogP contribution in [0.1, 0.15) is 32.6 Å². The van der Waals surface area contributed by atoms with E-state index >= 15 is 0 Å². The average Bonchev–Trinajstić information content (AvgIpc) is 2.41. The highest BCUT2D eigenvalue weighted by molar-refractivity contribution is 6.25. The number of halogens is 1. The van der Waals surface area contributed by atoms with Crippen molar-refractivity contribution in [3.63, 3.8) is 0 Å². The summed E-state index contributed by atoms with van der Waals surface area (Å²) in [5.41, 5.74) is 2.89. The van der Waals surface area contributed by atoms with Gasteiger partial charge in [-0.3, -0.25) is 4.90 Å². The molecule has 3 heteroatoms. The average molecular weight is 216 g/mol.